The van der Waals surface area contributed by atoms with E-state index >= 15 is 0 Å². The Morgan fingerprint density at radius 3 is 2.17 bits per heavy atom. The Balaban J connectivity index is 2.26. The van der Waals surface area contributed by atoms with Gasteiger partial charge in [0.1, 0.15) is 5.41 Å². The van der Waals surface area contributed by atoms with Crippen molar-refractivity contribution in [3.8, 4) is 0 Å². The van der Waals surface area contributed by atoms with Gasteiger partial charge in [0.15, 0.2) is 0 Å². The van der Waals surface area contributed by atoms with E-state index in [1.807, 2.05) is 19.1 Å². The van der Waals surface area contributed by atoms with Gasteiger partial charge in [0, 0.05) is 8.95 Å². The molecule has 0 aromatic heterocycles. The number of hydrogen-bond acceptors (Lipinski definition) is 2. The van der Waals surface area contributed by atoms with E-state index in [9.17, 15) is 9.59 Å². The number of halogens is 2. The number of carboxylic acids is 1. The highest BCUT2D eigenvalue weighted by Crippen LogP contribution is 2.47. The summed E-state index contributed by atoms with van der Waals surface area (Å²) in [6.45, 7) is 1.93. The van der Waals surface area contributed by atoms with Crippen molar-refractivity contribution < 1.29 is 14.7 Å². The smallest absolute Gasteiger partial charge is 0.319 e. The topological polar surface area (TPSA) is 66.4 Å². The first-order valence-corrected chi connectivity index (χ1v) is 6.96. The zero-order valence-electron chi connectivity index (χ0n) is 9.59. The van der Waals surface area contributed by atoms with E-state index in [0.29, 0.717) is 18.5 Å². The van der Waals surface area contributed by atoms with E-state index < -0.39 is 17.3 Å². The molecular weight excluding hydrogens is 366 g/mol. The lowest BCUT2D eigenvalue weighted by Crippen LogP contribution is -2.31. The predicted octanol–water partition coefficient (Wildman–Crippen LogP) is 3.32. The highest BCUT2D eigenvalue weighted by molar-refractivity contribution is 9.11. The highest BCUT2D eigenvalue weighted by Gasteiger charge is 2.57. The summed E-state index contributed by atoms with van der Waals surface area (Å²) in [4.78, 5) is 23.0. The molecule has 1 aromatic rings. The van der Waals surface area contributed by atoms with E-state index in [4.69, 9.17) is 5.11 Å². The summed E-state index contributed by atoms with van der Waals surface area (Å²) in [6, 6.07) is 3.72. The highest BCUT2D eigenvalue weighted by atomic mass is 79.9. The SMILES string of the molecule is Cc1cc(Br)c(NC(=O)C2(C(=O)O)CC2)c(Br)c1. The molecule has 1 amide bonds. The Morgan fingerprint density at radius 1 is 1.28 bits per heavy atom. The standard InChI is InChI=1S/C12H11Br2NO3/c1-6-4-7(13)9(8(14)5-6)15-10(16)12(2-3-12)11(17)18/h4-5H,2-3H2,1H3,(H,15,16)(H,17,18). The molecule has 0 unspecified atom stereocenters. The first-order valence-electron chi connectivity index (χ1n) is 5.37. The maximum atomic E-state index is 12.0. The minimum Gasteiger partial charge on any atom is -0.480 e. The van der Waals surface area contributed by atoms with Gasteiger partial charge in [-0.3, -0.25) is 9.59 Å². The molecule has 1 aromatic carbocycles. The number of amides is 1. The van der Waals surface area contributed by atoms with E-state index in [1.54, 1.807) is 0 Å². The summed E-state index contributed by atoms with van der Waals surface area (Å²) >= 11 is 6.72. The molecule has 2 rings (SSSR count). The third kappa shape index (κ3) is 2.31. The van der Waals surface area contributed by atoms with Crippen LogP contribution in [0.25, 0.3) is 0 Å². The fourth-order valence-corrected chi connectivity index (χ4v) is 3.33. The van der Waals surface area contributed by atoms with Crippen molar-refractivity contribution in [3.63, 3.8) is 0 Å². The van der Waals surface area contributed by atoms with Gasteiger partial charge in [-0.2, -0.15) is 0 Å². The number of aryl methyl sites for hydroxylation is 1. The molecule has 18 heavy (non-hydrogen) atoms. The summed E-state index contributed by atoms with van der Waals surface area (Å²) in [7, 11) is 0. The Morgan fingerprint density at radius 2 is 1.78 bits per heavy atom. The van der Waals surface area contributed by atoms with Crippen molar-refractivity contribution in [1.82, 2.24) is 0 Å². The van der Waals surface area contributed by atoms with Crippen LogP contribution in [0.2, 0.25) is 0 Å². The molecule has 1 aliphatic carbocycles. The molecule has 0 bridgehead atoms. The molecule has 6 heteroatoms. The fourth-order valence-electron chi connectivity index (χ4n) is 1.72. The number of carbonyl (C=O) groups is 2. The zero-order valence-corrected chi connectivity index (χ0v) is 12.8. The van der Waals surface area contributed by atoms with Crippen LogP contribution in [0.4, 0.5) is 5.69 Å². The lowest BCUT2D eigenvalue weighted by molar-refractivity contribution is -0.147. The molecule has 1 saturated carbocycles. The lowest BCUT2D eigenvalue weighted by Gasteiger charge is -2.14. The third-order valence-corrected chi connectivity index (χ3v) is 4.27. The molecular formula is C12H11Br2NO3. The van der Waals surface area contributed by atoms with Crippen LogP contribution in [-0.4, -0.2) is 17.0 Å². The van der Waals surface area contributed by atoms with E-state index in [0.717, 1.165) is 14.5 Å². The van der Waals surface area contributed by atoms with Crippen molar-refractivity contribution in [1.29, 1.82) is 0 Å². The largest absolute Gasteiger partial charge is 0.480 e. The van der Waals surface area contributed by atoms with Gasteiger partial charge in [0.05, 0.1) is 5.69 Å². The molecule has 0 aliphatic heterocycles. The van der Waals surface area contributed by atoms with Crippen LogP contribution in [0.1, 0.15) is 18.4 Å². The minimum absolute atomic E-state index is 0.398. The van der Waals surface area contributed by atoms with Crippen molar-refractivity contribution in [2.45, 2.75) is 19.8 Å². The van der Waals surface area contributed by atoms with Gasteiger partial charge < -0.3 is 10.4 Å². The molecule has 0 atom stereocenters. The normalized spacial score (nSPS) is 16.2. The molecule has 2 N–H and O–H groups in total. The Kier molecular flexibility index (Phi) is 3.51. The quantitative estimate of drug-likeness (QED) is 0.795. The molecule has 1 fully saturated rings. The van der Waals surface area contributed by atoms with Crippen LogP contribution >= 0.6 is 31.9 Å². The van der Waals surface area contributed by atoms with Crippen LogP contribution in [0.5, 0.6) is 0 Å². The van der Waals surface area contributed by atoms with Crippen molar-refractivity contribution in [2.75, 3.05) is 5.32 Å². The van der Waals surface area contributed by atoms with E-state index in [-0.39, 0.29) is 0 Å². The first kappa shape index (κ1) is 13.5. The zero-order chi connectivity index (χ0) is 13.5. The number of benzene rings is 1. The lowest BCUT2D eigenvalue weighted by atomic mass is 10.1. The number of aliphatic carboxylic acids is 1. The predicted molar refractivity (Wildman–Crippen MR) is 74.5 cm³/mol. The average Bonchev–Trinajstić information content (AvgIpc) is 3.03. The van der Waals surface area contributed by atoms with Gasteiger partial charge >= 0.3 is 5.97 Å². The van der Waals surface area contributed by atoms with Crippen LogP contribution in [0, 0.1) is 12.3 Å². The summed E-state index contributed by atoms with van der Waals surface area (Å²) < 4.78 is 1.45. The summed E-state index contributed by atoms with van der Waals surface area (Å²) in [6.07, 6.45) is 0.796. The molecule has 0 heterocycles. The van der Waals surface area contributed by atoms with Crippen LogP contribution < -0.4 is 5.32 Å². The number of nitrogens with one attached hydrogen (secondary N) is 1. The second-order valence-corrected chi connectivity index (χ2v) is 6.15. The second-order valence-electron chi connectivity index (χ2n) is 4.44. The van der Waals surface area contributed by atoms with Gasteiger partial charge in [0.2, 0.25) is 5.91 Å². The third-order valence-electron chi connectivity index (χ3n) is 3.02. The fraction of sp³-hybridized carbons (Fsp3) is 0.333. The van der Waals surface area contributed by atoms with Crippen LogP contribution in [-0.2, 0) is 9.59 Å². The molecule has 0 radical (unpaired) electrons. The number of hydrogen-bond donors (Lipinski definition) is 2. The molecule has 96 valence electrons. The van der Waals surface area contributed by atoms with Crippen molar-refractivity contribution in [3.05, 3.63) is 26.6 Å². The molecule has 4 nitrogen and oxygen atoms in total. The maximum Gasteiger partial charge on any atom is 0.319 e. The molecule has 0 spiro atoms. The van der Waals surface area contributed by atoms with E-state index in [2.05, 4.69) is 37.2 Å². The number of rotatable bonds is 3. The Labute approximate surface area is 121 Å². The average molecular weight is 377 g/mol. The first-order chi connectivity index (χ1) is 8.36. The molecule has 1 aliphatic rings. The van der Waals surface area contributed by atoms with E-state index in [1.165, 1.54) is 0 Å². The van der Waals surface area contributed by atoms with Crippen molar-refractivity contribution >= 4 is 49.4 Å². The summed E-state index contributed by atoms with van der Waals surface area (Å²) in [5.41, 5.74) is 0.369. The van der Waals surface area contributed by atoms with Gasteiger partial charge in [-0.25, -0.2) is 0 Å². The monoisotopic (exact) mass is 375 g/mol. The maximum absolute atomic E-state index is 12.0. The summed E-state index contributed by atoms with van der Waals surface area (Å²) in [5, 5.41) is 11.7. The van der Waals surface area contributed by atoms with Gasteiger partial charge in [0.25, 0.3) is 0 Å². The number of anilines is 1. The van der Waals surface area contributed by atoms with Gasteiger partial charge in [-0.05, 0) is 69.3 Å². The van der Waals surface area contributed by atoms with Crippen LogP contribution in [0.15, 0.2) is 21.1 Å². The van der Waals surface area contributed by atoms with Crippen LogP contribution in [0.3, 0.4) is 0 Å². The Bertz CT molecular complexity index is 515. The minimum atomic E-state index is -1.23. The number of carbonyl (C=O) groups excluding carboxylic acids is 1. The summed E-state index contributed by atoms with van der Waals surface area (Å²) in [5.74, 6) is -1.51. The molecule has 0 saturated heterocycles. The second kappa shape index (κ2) is 4.66. The van der Waals surface area contributed by atoms with Gasteiger partial charge in [-0.15, -0.1) is 0 Å². The Hall–Kier alpha value is -0.880. The van der Waals surface area contributed by atoms with Gasteiger partial charge in [-0.1, -0.05) is 0 Å². The number of carboxylic acid groups (broad SMARTS) is 1. The van der Waals surface area contributed by atoms with Crippen molar-refractivity contribution in [2.24, 2.45) is 5.41 Å².